The van der Waals surface area contributed by atoms with Gasteiger partial charge in [-0.2, -0.15) is 0 Å². The molecular weight excluding hydrogens is 170 g/mol. The summed E-state index contributed by atoms with van der Waals surface area (Å²) in [6, 6.07) is 0. The molecule has 1 aliphatic heterocycles. The predicted molar refractivity (Wildman–Crippen MR) is 46.9 cm³/mol. The van der Waals surface area contributed by atoms with Crippen LogP contribution in [0.5, 0.6) is 0 Å². The van der Waals surface area contributed by atoms with Gasteiger partial charge in [-0.3, -0.25) is 9.59 Å². The average Bonchev–Trinajstić information content (AvgIpc) is 2.43. The molecule has 0 aliphatic carbocycles. The molecule has 1 unspecified atom stereocenters. The van der Waals surface area contributed by atoms with E-state index < -0.39 is 0 Å². The van der Waals surface area contributed by atoms with Crippen LogP contribution in [0.1, 0.15) is 6.42 Å². The number of esters is 1. The molecule has 0 bridgehead atoms. The Morgan fingerprint density at radius 2 is 2.54 bits per heavy atom. The van der Waals surface area contributed by atoms with Gasteiger partial charge in [0.15, 0.2) is 0 Å². The summed E-state index contributed by atoms with van der Waals surface area (Å²) in [7, 11) is 1.68. The van der Waals surface area contributed by atoms with E-state index in [-0.39, 0.29) is 30.8 Å². The van der Waals surface area contributed by atoms with Crippen molar-refractivity contribution in [3.63, 3.8) is 0 Å². The normalized spacial score (nSPS) is 21.8. The maximum atomic E-state index is 11.2. The Hall–Kier alpha value is -1.32. The molecule has 1 fully saturated rings. The van der Waals surface area contributed by atoms with Crippen molar-refractivity contribution in [3.8, 4) is 0 Å². The first-order valence-electron chi connectivity index (χ1n) is 4.16. The maximum absolute atomic E-state index is 11.2. The fourth-order valence-electron chi connectivity index (χ4n) is 1.28. The molecule has 0 radical (unpaired) electrons. The van der Waals surface area contributed by atoms with E-state index in [9.17, 15) is 9.59 Å². The number of rotatable bonds is 3. The van der Waals surface area contributed by atoms with Crippen LogP contribution in [-0.2, 0) is 14.3 Å². The number of likely N-dealkylation sites (tertiary alicyclic amines) is 1. The van der Waals surface area contributed by atoms with Crippen molar-refractivity contribution in [1.29, 1.82) is 0 Å². The van der Waals surface area contributed by atoms with Crippen molar-refractivity contribution in [1.82, 2.24) is 4.90 Å². The first-order valence-corrected chi connectivity index (χ1v) is 4.16. The third-order valence-electron chi connectivity index (χ3n) is 2.02. The van der Waals surface area contributed by atoms with Crippen LogP contribution >= 0.6 is 0 Å². The van der Waals surface area contributed by atoms with E-state index in [4.69, 9.17) is 4.74 Å². The van der Waals surface area contributed by atoms with E-state index in [1.807, 2.05) is 0 Å². The van der Waals surface area contributed by atoms with Gasteiger partial charge >= 0.3 is 5.97 Å². The predicted octanol–water partition coefficient (Wildman–Crippen LogP) is 0.194. The largest absolute Gasteiger partial charge is 0.461 e. The lowest BCUT2D eigenvalue weighted by molar-refractivity contribution is -0.147. The molecule has 0 aromatic rings. The summed E-state index contributed by atoms with van der Waals surface area (Å²) < 4.78 is 4.84. The van der Waals surface area contributed by atoms with Gasteiger partial charge in [0.2, 0.25) is 5.91 Å². The molecule has 4 nitrogen and oxygen atoms in total. The number of ether oxygens (including phenoxy) is 1. The van der Waals surface area contributed by atoms with E-state index in [2.05, 4.69) is 6.58 Å². The minimum absolute atomic E-state index is 0.000512. The zero-order chi connectivity index (χ0) is 9.84. The summed E-state index contributed by atoms with van der Waals surface area (Å²) in [5.74, 6) is -0.601. The quantitative estimate of drug-likeness (QED) is 0.463. The Bertz CT molecular complexity index is 237. The van der Waals surface area contributed by atoms with Gasteiger partial charge in [0, 0.05) is 20.0 Å². The van der Waals surface area contributed by atoms with E-state index in [0.717, 1.165) is 0 Å². The smallest absolute Gasteiger partial charge is 0.311 e. The van der Waals surface area contributed by atoms with Crippen molar-refractivity contribution in [2.75, 3.05) is 20.2 Å². The van der Waals surface area contributed by atoms with E-state index in [1.54, 1.807) is 11.9 Å². The number of hydrogen-bond acceptors (Lipinski definition) is 3. The van der Waals surface area contributed by atoms with Crippen LogP contribution in [0.3, 0.4) is 0 Å². The Morgan fingerprint density at radius 3 is 3.00 bits per heavy atom. The van der Waals surface area contributed by atoms with Gasteiger partial charge < -0.3 is 9.64 Å². The van der Waals surface area contributed by atoms with Gasteiger partial charge in [0.05, 0.1) is 5.92 Å². The second-order valence-corrected chi connectivity index (χ2v) is 3.09. The zero-order valence-electron chi connectivity index (χ0n) is 7.66. The van der Waals surface area contributed by atoms with Crippen LogP contribution in [0, 0.1) is 5.92 Å². The third kappa shape index (κ3) is 2.31. The molecule has 0 aromatic carbocycles. The second-order valence-electron chi connectivity index (χ2n) is 3.09. The molecular formula is C9H13NO3. The third-order valence-corrected chi connectivity index (χ3v) is 2.02. The van der Waals surface area contributed by atoms with Crippen molar-refractivity contribution in [2.24, 2.45) is 5.92 Å². The zero-order valence-corrected chi connectivity index (χ0v) is 7.66. The highest BCUT2D eigenvalue weighted by atomic mass is 16.5. The van der Waals surface area contributed by atoms with Crippen molar-refractivity contribution >= 4 is 11.9 Å². The molecule has 4 heteroatoms. The van der Waals surface area contributed by atoms with Crippen LogP contribution < -0.4 is 0 Å². The molecule has 0 N–H and O–H groups in total. The highest BCUT2D eigenvalue weighted by Gasteiger charge is 2.32. The lowest BCUT2D eigenvalue weighted by Crippen LogP contribution is -2.22. The van der Waals surface area contributed by atoms with Gasteiger partial charge in [-0.25, -0.2) is 0 Å². The Balaban J connectivity index is 2.41. The summed E-state index contributed by atoms with van der Waals surface area (Å²) in [5.41, 5.74) is 0. The SMILES string of the molecule is C=CCOC(=O)C1CC(=O)N(C)C1. The molecule has 1 saturated heterocycles. The van der Waals surface area contributed by atoms with Gasteiger partial charge in [-0.05, 0) is 0 Å². The monoisotopic (exact) mass is 183 g/mol. The highest BCUT2D eigenvalue weighted by Crippen LogP contribution is 2.17. The summed E-state index contributed by atoms with van der Waals surface area (Å²) >= 11 is 0. The molecule has 1 aliphatic rings. The molecule has 0 saturated carbocycles. The fourth-order valence-corrected chi connectivity index (χ4v) is 1.28. The van der Waals surface area contributed by atoms with Crippen molar-refractivity contribution in [2.45, 2.75) is 6.42 Å². The minimum atomic E-state index is -0.308. The molecule has 1 atom stereocenters. The van der Waals surface area contributed by atoms with Crippen LogP contribution in [0.15, 0.2) is 12.7 Å². The lowest BCUT2D eigenvalue weighted by Gasteiger charge is -2.08. The van der Waals surface area contributed by atoms with Gasteiger partial charge in [0.1, 0.15) is 6.61 Å². The Labute approximate surface area is 77.2 Å². The second kappa shape index (κ2) is 4.07. The minimum Gasteiger partial charge on any atom is -0.461 e. The number of hydrogen-bond donors (Lipinski definition) is 0. The molecule has 1 heterocycles. The van der Waals surface area contributed by atoms with Crippen molar-refractivity contribution in [3.05, 3.63) is 12.7 Å². The molecule has 0 aromatic heterocycles. The number of amides is 1. The lowest BCUT2D eigenvalue weighted by atomic mass is 10.1. The summed E-state index contributed by atoms with van der Waals surface area (Å²) in [6.07, 6.45) is 1.78. The summed E-state index contributed by atoms with van der Waals surface area (Å²) in [6.45, 7) is 4.12. The first-order chi connectivity index (χ1) is 6.15. The number of carbonyl (C=O) groups excluding carboxylic acids is 2. The van der Waals surface area contributed by atoms with E-state index >= 15 is 0 Å². The maximum Gasteiger partial charge on any atom is 0.311 e. The van der Waals surface area contributed by atoms with Crippen LogP contribution in [0.25, 0.3) is 0 Å². The van der Waals surface area contributed by atoms with E-state index in [0.29, 0.717) is 6.54 Å². The Kier molecular flexibility index (Phi) is 3.06. The van der Waals surface area contributed by atoms with Gasteiger partial charge in [-0.1, -0.05) is 12.7 Å². The molecule has 1 rings (SSSR count). The first kappa shape index (κ1) is 9.77. The van der Waals surface area contributed by atoms with Crippen molar-refractivity contribution < 1.29 is 14.3 Å². The molecule has 72 valence electrons. The molecule has 13 heavy (non-hydrogen) atoms. The number of nitrogens with zero attached hydrogens (tertiary/aromatic N) is 1. The standard InChI is InChI=1S/C9H13NO3/c1-3-4-13-9(12)7-5-8(11)10(2)6-7/h3,7H,1,4-6H2,2H3. The van der Waals surface area contributed by atoms with Gasteiger partial charge in [0.25, 0.3) is 0 Å². The van der Waals surface area contributed by atoms with Crippen LogP contribution in [0.4, 0.5) is 0 Å². The molecule has 0 spiro atoms. The summed E-state index contributed by atoms with van der Waals surface area (Å²) in [5, 5.41) is 0. The number of carbonyl (C=O) groups is 2. The Morgan fingerprint density at radius 1 is 1.85 bits per heavy atom. The highest BCUT2D eigenvalue weighted by molar-refractivity contribution is 5.86. The van der Waals surface area contributed by atoms with Gasteiger partial charge in [-0.15, -0.1) is 0 Å². The average molecular weight is 183 g/mol. The molecule has 1 amide bonds. The fraction of sp³-hybridized carbons (Fsp3) is 0.556. The summed E-state index contributed by atoms with van der Waals surface area (Å²) in [4.78, 5) is 23.8. The van der Waals surface area contributed by atoms with E-state index in [1.165, 1.54) is 6.08 Å². The van der Waals surface area contributed by atoms with Crippen LogP contribution in [0.2, 0.25) is 0 Å². The topological polar surface area (TPSA) is 46.6 Å². The van der Waals surface area contributed by atoms with Crippen LogP contribution in [-0.4, -0.2) is 37.0 Å².